The molecule has 0 aliphatic carbocycles. The first-order valence-corrected chi connectivity index (χ1v) is 8.08. The normalized spacial score (nSPS) is 12.9. The summed E-state index contributed by atoms with van der Waals surface area (Å²) >= 11 is 11.9. The minimum absolute atomic E-state index is 0.0567. The third-order valence-electron chi connectivity index (χ3n) is 3.60. The molecule has 4 nitrogen and oxygen atoms in total. The number of carbonyl (C=O) groups excluding carboxylic acids is 1. The number of ether oxygens (including phenoxy) is 1. The Morgan fingerprint density at radius 2 is 1.91 bits per heavy atom. The van der Waals surface area contributed by atoms with E-state index in [1.165, 1.54) is 0 Å². The van der Waals surface area contributed by atoms with Crippen molar-refractivity contribution in [3.63, 3.8) is 0 Å². The molecule has 1 heterocycles. The first-order valence-electron chi connectivity index (χ1n) is 7.32. The second-order valence-corrected chi connectivity index (χ2v) is 6.12. The van der Waals surface area contributed by atoms with Gasteiger partial charge >= 0.3 is 0 Å². The molecule has 120 valence electrons. The van der Waals surface area contributed by atoms with Crippen LogP contribution in [0.3, 0.4) is 0 Å². The Balaban J connectivity index is 1.49. The van der Waals surface area contributed by atoms with Gasteiger partial charge in [0, 0.05) is 23.7 Å². The predicted molar refractivity (Wildman–Crippen MR) is 92.4 cm³/mol. The van der Waals surface area contributed by atoms with Crippen LogP contribution in [-0.2, 0) is 17.8 Å². The summed E-state index contributed by atoms with van der Waals surface area (Å²) in [6, 6.07) is 11.3. The van der Waals surface area contributed by atoms with Gasteiger partial charge < -0.3 is 15.4 Å². The molecule has 0 spiro atoms. The molecule has 0 atom stereocenters. The van der Waals surface area contributed by atoms with E-state index in [0.717, 1.165) is 22.7 Å². The van der Waals surface area contributed by atoms with Crippen molar-refractivity contribution in [1.29, 1.82) is 0 Å². The lowest BCUT2D eigenvalue weighted by atomic mass is 10.1. The van der Waals surface area contributed by atoms with E-state index in [9.17, 15) is 4.79 Å². The number of carbonyl (C=O) groups is 1. The topological polar surface area (TPSA) is 50.4 Å². The second kappa shape index (κ2) is 7.21. The van der Waals surface area contributed by atoms with Crippen molar-refractivity contribution >= 4 is 34.8 Å². The lowest BCUT2D eigenvalue weighted by molar-refractivity contribution is -0.115. The van der Waals surface area contributed by atoms with Crippen LogP contribution >= 0.6 is 23.2 Å². The maximum atomic E-state index is 11.5. The Morgan fingerprint density at radius 3 is 2.70 bits per heavy atom. The molecular weight excluding hydrogens is 335 g/mol. The molecule has 23 heavy (non-hydrogen) atoms. The van der Waals surface area contributed by atoms with Crippen LogP contribution in [0.15, 0.2) is 36.4 Å². The molecule has 6 heteroatoms. The van der Waals surface area contributed by atoms with Crippen molar-refractivity contribution in [1.82, 2.24) is 5.32 Å². The molecule has 0 fully saturated rings. The van der Waals surface area contributed by atoms with Crippen LogP contribution in [-0.4, -0.2) is 19.1 Å². The minimum Gasteiger partial charge on any atom is -0.492 e. The first kappa shape index (κ1) is 16.1. The monoisotopic (exact) mass is 350 g/mol. The van der Waals surface area contributed by atoms with Crippen LogP contribution in [0.1, 0.15) is 11.1 Å². The van der Waals surface area contributed by atoms with Gasteiger partial charge in [-0.25, -0.2) is 0 Å². The van der Waals surface area contributed by atoms with Gasteiger partial charge in [0.2, 0.25) is 5.91 Å². The summed E-state index contributed by atoms with van der Waals surface area (Å²) in [6.45, 7) is 1.95. The summed E-state index contributed by atoms with van der Waals surface area (Å²) in [4.78, 5) is 11.5. The Kier molecular flexibility index (Phi) is 5.06. The number of hydrogen-bond donors (Lipinski definition) is 2. The van der Waals surface area contributed by atoms with Crippen molar-refractivity contribution in [3.05, 3.63) is 57.6 Å². The second-order valence-electron chi connectivity index (χ2n) is 5.28. The van der Waals surface area contributed by atoms with Crippen molar-refractivity contribution in [2.24, 2.45) is 0 Å². The van der Waals surface area contributed by atoms with Gasteiger partial charge in [0.25, 0.3) is 0 Å². The van der Waals surface area contributed by atoms with E-state index in [2.05, 4.69) is 10.6 Å². The summed E-state index contributed by atoms with van der Waals surface area (Å²) < 4.78 is 5.77. The number of halogens is 2. The van der Waals surface area contributed by atoms with E-state index in [-0.39, 0.29) is 5.91 Å². The van der Waals surface area contributed by atoms with Crippen molar-refractivity contribution in [3.8, 4) is 5.75 Å². The Hall–Kier alpha value is -1.75. The maximum Gasteiger partial charge on any atom is 0.229 e. The highest BCUT2D eigenvalue weighted by molar-refractivity contribution is 6.34. The molecule has 0 saturated heterocycles. The van der Waals surface area contributed by atoms with Gasteiger partial charge in [-0.15, -0.1) is 0 Å². The number of rotatable bonds is 6. The van der Waals surface area contributed by atoms with E-state index >= 15 is 0 Å². The van der Waals surface area contributed by atoms with Gasteiger partial charge in [0.1, 0.15) is 12.4 Å². The predicted octanol–water partition coefficient (Wildman–Crippen LogP) is 3.66. The molecule has 2 aromatic rings. The summed E-state index contributed by atoms with van der Waals surface area (Å²) in [7, 11) is 0. The van der Waals surface area contributed by atoms with Gasteiger partial charge in [0.05, 0.1) is 17.1 Å². The van der Waals surface area contributed by atoms with Crippen LogP contribution in [0.5, 0.6) is 5.75 Å². The van der Waals surface area contributed by atoms with Crippen LogP contribution in [0.25, 0.3) is 0 Å². The number of anilines is 1. The highest BCUT2D eigenvalue weighted by Gasteiger charge is 2.24. The molecule has 0 saturated carbocycles. The molecule has 0 bridgehead atoms. The smallest absolute Gasteiger partial charge is 0.229 e. The van der Waals surface area contributed by atoms with Crippen molar-refractivity contribution < 1.29 is 9.53 Å². The fourth-order valence-corrected chi connectivity index (χ4v) is 2.81. The Bertz CT molecular complexity index is 717. The molecule has 3 rings (SSSR count). The lowest BCUT2D eigenvalue weighted by Crippen LogP contribution is -2.20. The van der Waals surface area contributed by atoms with Crippen molar-refractivity contribution in [2.45, 2.75) is 13.0 Å². The largest absolute Gasteiger partial charge is 0.492 e. The molecule has 0 aromatic heterocycles. The summed E-state index contributed by atoms with van der Waals surface area (Å²) in [6.07, 6.45) is 0.309. The molecular formula is C17H16Cl2N2O2. The van der Waals surface area contributed by atoms with Gasteiger partial charge in [-0.3, -0.25) is 4.79 Å². The molecule has 1 aliphatic rings. The van der Waals surface area contributed by atoms with E-state index in [1.807, 2.05) is 24.3 Å². The summed E-state index contributed by atoms with van der Waals surface area (Å²) in [5.41, 5.74) is 2.67. The van der Waals surface area contributed by atoms with Crippen molar-refractivity contribution in [2.75, 3.05) is 18.5 Å². The zero-order chi connectivity index (χ0) is 16.2. The third kappa shape index (κ3) is 3.96. The molecule has 2 aromatic carbocycles. The van der Waals surface area contributed by atoms with Gasteiger partial charge in [-0.1, -0.05) is 35.3 Å². The molecule has 2 N–H and O–H groups in total. The zero-order valence-corrected chi connectivity index (χ0v) is 13.9. The Labute approximate surface area is 144 Å². The number of amides is 1. The van der Waals surface area contributed by atoms with Crippen LogP contribution in [0.4, 0.5) is 5.69 Å². The quantitative estimate of drug-likeness (QED) is 0.781. The first-order chi connectivity index (χ1) is 11.1. The van der Waals surface area contributed by atoms with Gasteiger partial charge in [-0.2, -0.15) is 0 Å². The SMILES string of the molecule is O=C1Cc2c(OCCNCc3ccc(Cl)cc3)ccc(Cl)c2N1. The highest BCUT2D eigenvalue weighted by Crippen LogP contribution is 2.37. The van der Waals surface area contributed by atoms with Gasteiger partial charge in [-0.05, 0) is 29.8 Å². The standard InChI is InChI=1S/C17H16Cl2N2O2/c18-12-3-1-11(2-4-12)10-20-7-8-23-15-6-5-14(19)17-13(15)9-16(22)21-17/h1-6,20H,7-10H2,(H,21,22). The zero-order valence-electron chi connectivity index (χ0n) is 12.4. The minimum atomic E-state index is -0.0567. The summed E-state index contributed by atoms with van der Waals surface area (Å²) in [5.74, 6) is 0.648. The highest BCUT2D eigenvalue weighted by atomic mass is 35.5. The van der Waals surface area contributed by atoms with Crippen LogP contribution in [0, 0.1) is 0 Å². The fourth-order valence-electron chi connectivity index (χ4n) is 2.46. The molecule has 1 amide bonds. The van der Waals surface area contributed by atoms with E-state index in [4.69, 9.17) is 27.9 Å². The lowest BCUT2D eigenvalue weighted by Gasteiger charge is -2.11. The average molecular weight is 351 g/mol. The number of benzene rings is 2. The Morgan fingerprint density at radius 1 is 1.13 bits per heavy atom. The molecule has 1 aliphatic heterocycles. The van der Waals surface area contributed by atoms with E-state index in [0.29, 0.717) is 36.0 Å². The number of hydrogen-bond acceptors (Lipinski definition) is 3. The number of fused-ring (bicyclic) bond motifs is 1. The van der Waals surface area contributed by atoms with E-state index < -0.39 is 0 Å². The number of nitrogens with one attached hydrogen (secondary N) is 2. The third-order valence-corrected chi connectivity index (χ3v) is 4.17. The summed E-state index contributed by atoms with van der Waals surface area (Å²) in [5, 5.41) is 7.33. The van der Waals surface area contributed by atoms with Crippen LogP contribution < -0.4 is 15.4 Å². The molecule has 0 unspecified atom stereocenters. The maximum absolute atomic E-state index is 11.5. The van der Waals surface area contributed by atoms with Gasteiger partial charge in [0.15, 0.2) is 0 Å². The van der Waals surface area contributed by atoms with Crippen LogP contribution in [0.2, 0.25) is 10.0 Å². The van der Waals surface area contributed by atoms with E-state index in [1.54, 1.807) is 12.1 Å². The average Bonchev–Trinajstić information content (AvgIpc) is 2.93. The molecule has 0 radical (unpaired) electrons. The fraction of sp³-hybridized carbons (Fsp3) is 0.235.